The van der Waals surface area contributed by atoms with Crippen LogP contribution < -0.4 is 9.47 Å². The summed E-state index contributed by atoms with van der Waals surface area (Å²) in [5, 5.41) is 1.91. The Kier molecular flexibility index (Phi) is 5.44. The van der Waals surface area contributed by atoms with Gasteiger partial charge in [-0.15, -0.1) is 11.3 Å². The van der Waals surface area contributed by atoms with Gasteiger partial charge in [0, 0.05) is 20.7 Å². The highest BCUT2D eigenvalue weighted by Gasteiger charge is 2.29. The molecule has 0 spiro atoms. The Labute approximate surface area is 185 Å². The van der Waals surface area contributed by atoms with Gasteiger partial charge in [-0.05, 0) is 36.4 Å². The molecule has 0 saturated carbocycles. The lowest BCUT2D eigenvalue weighted by atomic mass is 10.1. The maximum absolute atomic E-state index is 12.4. The maximum Gasteiger partial charge on any atom is 0.363 e. The van der Waals surface area contributed by atoms with E-state index < -0.39 is 5.97 Å². The molecule has 1 aromatic heterocycles. The van der Waals surface area contributed by atoms with Crippen LogP contribution in [0.5, 0.6) is 11.5 Å². The Hall–Kier alpha value is -2.25. The van der Waals surface area contributed by atoms with E-state index in [1.165, 1.54) is 18.4 Å². The van der Waals surface area contributed by atoms with Gasteiger partial charge in [0.15, 0.2) is 5.70 Å². The number of hydrogen-bond acceptors (Lipinski definition) is 6. The Morgan fingerprint density at radius 1 is 1.10 bits per heavy atom. The van der Waals surface area contributed by atoms with E-state index in [-0.39, 0.29) is 11.6 Å². The molecule has 29 heavy (non-hydrogen) atoms. The zero-order valence-corrected chi connectivity index (χ0v) is 18.2. The van der Waals surface area contributed by atoms with Crippen molar-refractivity contribution >= 4 is 74.2 Å². The van der Waals surface area contributed by atoms with Crippen LogP contribution in [-0.2, 0) is 9.53 Å². The summed E-state index contributed by atoms with van der Waals surface area (Å²) in [5.74, 6) is 0.701. The number of hydrogen-bond donors (Lipinski definition) is 0. The fourth-order valence-corrected chi connectivity index (χ4v) is 5.15. The van der Waals surface area contributed by atoms with Gasteiger partial charge >= 0.3 is 5.97 Å². The van der Waals surface area contributed by atoms with Gasteiger partial charge in [-0.25, -0.2) is 9.79 Å². The van der Waals surface area contributed by atoms with Gasteiger partial charge in [-0.2, -0.15) is 0 Å². The average molecular weight is 469 g/mol. The Balaban J connectivity index is 1.79. The van der Waals surface area contributed by atoms with Crippen molar-refractivity contribution in [3.05, 3.63) is 61.5 Å². The number of methoxy groups -OCH3 is 2. The van der Waals surface area contributed by atoms with Crippen molar-refractivity contribution < 1.29 is 19.0 Å². The van der Waals surface area contributed by atoms with E-state index in [1.807, 2.05) is 0 Å². The molecule has 0 amide bonds. The molecule has 0 unspecified atom stereocenters. The number of thiophene rings is 1. The smallest absolute Gasteiger partial charge is 0.363 e. The van der Waals surface area contributed by atoms with Gasteiger partial charge in [0.1, 0.15) is 16.4 Å². The van der Waals surface area contributed by atoms with E-state index in [4.69, 9.17) is 49.0 Å². The fourth-order valence-electron chi connectivity index (χ4n) is 2.86. The molecule has 0 N–H and O–H groups in total. The monoisotopic (exact) mass is 467 g/mol. The highest BCUT2D eigenvalue weighted by Crippen LogP contribution is 2.42. The molecule has 4 rings (SSSR count). The van der Waals surface area contributed by atoms with Crippen molar-refractivity contribution in [3.8, 4) is 11.5 Å². The summed E-state index contributed by atoms with van der Waals surface area (Å²) in [6, 6.07) is 8.59. The molecule has 2 heterocycles. The van der Waals surface area contributed by atoms with Crippen molar-refractivity contribution in [2.24, 2.45) is 4.99 Å². The van der Waals surface area contributed by atoms with Crippen LogP contribution in [0.1, 0.15) is 10.4 Å². The van der Waals surface area contributed by atoms with Crippen molar-refractivity contribution in [2.45, 2.75) is 0 Å². The molecule has 0 fully saturated rings. The molecule has 5 nitrogen and oxygen atoms in total. The Bertz CT molecular complexity index is 1220. The topological polar surface area (TPSA) is 57.1 Å². The molecule has 0 bridgehead atoms. The number of nitrogens with zero attached hydrogens (tertiary/aromatic N) is 1. The maximum atomic E-state index is 12.4. The van der Waals surface area contributed by atoms with E-state index in [1.54, 1.807) is 43.5 Å². The van der Waals surface area contributed by atoms with Gasteiger partial charge in [-0.3, -0.25) is 0 Å². The van der Waals surface area contributed by atoms with Gasteiger partial charge in [0.2, 0.25) is 5.90 Å². The molecule has 0 radical (unpaired) electrons. The largest absolute Gasteiger partial charge is 0.497 e. The Morgan fingerprint density at radius 2 is 1.90 bits per heavy atom. The predicted molar refractivity (Wildman–Crippen MR) is 117 cm³/mol. The van der Waals surface area contributed by atoms with Crippen LogP contribution in [0.15, 0.2) is 41.0 Å². The van der Waals surface area contributed by atoms with Crippen LogP contribution in [-0.4, -0.2) is 26.1 Å². The van der Waals surface area contributed by atoms with E-state index in [0.29, 0.717) is 42.4 Å². The summed E-state index contributed by atoms with van der Waals surface area (Å²) in [5.41, 5.74) is 0.741. The summed E-state index contributed by atoms with van der Waals surface area (Å²) in [6.07, 6.45) is 1.57. The standard InChI is InChI=1S/C20H12Cl3NO4S/c1-26-11-3-4-14(27-2)9(5-11)6-13-20(25)28-19(24-13)18-17(23)16-12(22)7-10(21)8-15(16)29-18/h3-8H,1-2H3/b13-6-. The highest BCUT2D eigenvalue weighted by molar-refractivity contribution is 7.21. The molecule has 148 valence electrons. The zero-order chi connectivity index (χ0) is 20.7. The van der Waals surface area contributed by atoms with Crippen LogP contribution in [0.3, 0.4) is 0 Å². The molecule has 2 aromatic carbocycles. The third-order valence-electron chi connectivity index (χ3n) is 4.19. The molecule has 1 aliphatic heterocycles. The number of rotatable bonds is 4. The lowest BCUT2D eigenvalue weighted by Crippen LogP contribution is -2.04. The van der Waals surface area contributed by atoms with Crippen LogP contribution in [0.25, 0.3) is 16.2 Å². The molecule has 1 aliphatic rings. The number of carbonyl (C=O) groups is 1. The second-order valence-electron chi connectivity index (χ2n) is 5.95. The minimum atomic E-state index is -0.595. The van der Waals surface area contributed by atoms with Crippen molar-refractivity contribution in [1.82, 2.24) is 0 Å². The fraction of sp³-hybridized carbons (Fsp3) is 0.100. The number of halogens is 3. The summed E-state index contributed by atoms with van der Waals surface area (Å²) >= 11 is 20.1. The van der Waals surface area contributed by atoms with Crippen LogP contribution >= 0.6 is 46.1 Å². The first-order valence-electron chi connectivity index (χ1n) is 8.23. The van der Waals surface area contributed by atoms with E-state index in [0.717, 1.165) is 4.70 Å². The number of aliphatic imine (C=N–C) groups is 1. The predicted octanol–water partition coefficient (Wildman–Crippen LogP) is 6.22. The van der Waals surface area contributed by atoms with E-state index in [9.17, 15) is 4.79 Å². The molecular weight excluding hydrogens is 457 g/mol. The first-order valence-corrected chi connectivity index (χ1v) is 10.2. The number of carbonyl (C=O) groups excluding carboxylic acids is 1. The lowest BCUT2D eigenvalue weighted by molar-refractivity contribution is -0.129. The first-order chi connectivity index (χ1) is 13.9. The number of fused-ring (bicyclic) bond motifs is 1. The summed E-state index contributed by atoms with van der Waals surface area (Å²) in [6.45, 7) is 0. The molecule has 0 saturated heterocycles. The zero-order valence-electron chi connectivity index (χ0n) is 15.1. The number of benzene rings is 2. The lowest BCUT2D eigenvalue weighted by Gasteiger charge is -2.07. The molecule has 9 heteroatoms. The second-order valence-corrected chi connectivity index (χ2v) is 8.22. The Morgan fingerprint density at radius 3 is 2.62 bits per heavy atom. The van der Waals surface area contributed by atoms with Gasteiger partial charge in [0.05, 0.1) is 24.3 Å². The second kappa shape index (κ2) is 7.88. The quantitative estimate of drug-likeness (QED) is 0.337. The highest BCUT2D eigenvalue weighted by atomic mass is 35.5. The average Bonchev–Trinajstić information content (AvgIpc) is 3.21. The minimum Gasteiger partial charge on any atom is -0.497 e. The third-order valence-corrected chi connectivity index (χ3v) is 6.32. The van der Waals surface area contributed by atoms with Crippen LogP contribution in [0, 0.1) is 0 Å². The van der Waals surface area contributed by atoms with Crippen molar-refractivity contribution in [1.29, 1.82) is 0 Å². The first kappa shape index (κ1) is 20.0. The molecule has 0 atom stereocenters. The van der Waals surface area contributed by atoms with Crippen LogP contribution in [0.2, 0.25) is 15.1 Å². The molecule has 3 aromatic rings. The third kappa shape index (κ3) is 3.69. The number of esters is 1. The SMILES string of the molecule is COc1ccc(OC)c(/C=C2\N=C(c3sc4cc(Cl)cc(Cl)c4c3Cl)OC2=O)c1. The van der Waals surface area contributed by atoms with Crippen molar-refractivity contribution in [2.75, 3.05) is 14.2 Å². The van der Waals surface area contributed by atoms with E-state index >= 15 is 0 Å². The minimum absolute atomic E-state index is 0.113. The molecular formula is C20H12Cl3NO4S. The number of cyclic esters (lactones) is 1. The van der Waals surface area contributed by atoms with E-state index in [2.05, 4.69) is 4.99 Å². The van der Waals surface area contributed by atoms with Gasteiger partial charge in [0.25, 0.3) is 0 Å². The summed E-state index contributed by atoms with van der Waals surface area (Å²) < 4.78 is 16.7. The molecule has 0 aliphatic carbocycles. The van der Waals surface area contributed by atoms with Gasteiger partial charge in [-0.1, -0.05) is 34.8 Å². The van der Waals surface area contributed by atoms with Crippen LogP contribution in [0.4, 0.5) is 0 Å². The normalized spacial score (nSPS) is 15.0. The van der Waals surface area contributed by atoms with Gasteiger partial charge < -0.3 is 14.2 Å². The number of ether oxygens (including phenoxy) is 3. The summed E-state index contributed by atoms with van der Waals surface area (Å²) in [4.78, 5) is 17.2. The van der Waals surface area contributed by atoms with Crippen molar-refractivity contribution in [3.63, 3.8) is 0 Å². The summed E-state index contributed by atoms with van der Waals surface area (Å²) in [7, 11) is 3.09.